The lowest BCUT2D eigenvalue weighted by Crippen LogP contribution is -2.29. The van der Waals surface area contributed by atoms with Crippen molar-refractivity contribution in [3.8, 4) is 0 Å². The van der Waals surface area contributed by atoms with Gasteiger partial charge in [0.15, 0.2) is 6.61 Å². The molecule has 0 spiro atoms. The monoisotopic (exact) mass is 303 g/mol. The van der Waals surface area contributed by atoms with E-state index >= 15 is 0 Å². The summed E-state index contributed by atoms with van der Waals surface area (Å²) < 4.78 is 9.09. The molecular formula is C15H13NO6. The van der Waals surface area contributed by atoms with Gasteiger partial charge in [0.05, 0.1) is 23.8 Å². The minimum atomic E-state index is -0.782. The number of imide groups is 1. The highest BCUT2D eigenvalue weighted by Crippen LogP contribution is 2.24. The van der Waals surface area contributed by atoms with Gasteiger partial charge in [-0.25, -0.2) is 9.59 Å². The van der Waals surface area contributed by atoms with E-state index in [4.69, 9.17) is 4.74 Å². The number of benzene rings is 1. The van der Waals surface area contributed by atoms with Crippen LogP contribution >= 0.6 is 0 Å². The summed E-state index contributed by atoms with van der Waals surface area (Å²) in [5.74, 6) is -2.41. The molecule has 0 radical (unpaired) electrons. The van der Waals surface area contributed by atoms with Crippen molar-refractivity contribution in [3.05, 3.63) is 47.5 Å². The molecule has 1 heterocycles. The highest BCUT2D eigenvalue weighted by atomic mass is 16.6. The third-order valence-electron chi connectivity index (χ3n) is 3.07. The average molecular weight is 303 g/mol. The lowest BCUT2D eigenvalue weighted by atomic mass is 10.1. The van der Waals surface area contributed by atoms with Crippen molar-refractivity contribution < 1.29 is 28.7 Å². The molecular weight excluding hydrogens is 290 g/mol. The van der Waals surface area contributed by atoms with Crippen molar-refractivity contribution in [2.45, 2.75) is 0 Å². The zero-order valence-electron chi connectivity index (χ0n) is 11.8. The Balaban J connectivity index is 2.21. The topological polar surface area (TPSA) is 90.0 Å². The summed E-state index contributed by atoms with van der Waals surface area (Å²) in [5, 5.41) is 0. The maximum atomic E-state index is 12.1. The molecule has 0 fully saturated rings. The van der Waals surface area contributed by atoms with Gasteiger partial charge in [0.25, 0.3) is 11.8 Å². The van der Waals surface area contributed by atoms with Crippen LogP contribution in [0.2, 0.25) is 0 Å². The van der Waals surface area contributed by atoms with Crippen LogP contribution in [0.25, 0.3) is 0 Å². The second-order valence-electron chi connectivity index (χ2n) is 4.42. The number of amides is 2. The highest BCUT2D eigenvalue weighted by molar-refractivity contribution is 6.22. The van der Waals surface area contributed by atoms with Crippen LogP contribution in [0.5, 0.6) is 0 Å². The average Bonchev–Trinajstić information content (AvgIpc) is 2.77. The van der Waals surface area contributed by atoms with Gasteiger partial charge in [-0.15, -0.1) is 6.58 Å². The molecule has 2 rings (SSSR count). The number of ether oxygens (including phenoxy) is 2. The Morgan fingerprint density at radius 1 is 1.23 bits per heavy atom. The summed E-state index contributed by atoms with van der Waals surface area (Å²) in [6.07, 6.45) is 1.44. The van der Waals surface area contributed by atoms with E-state index in [2.05, 4.69) is 11.3 Å². The molecule has 0 atom stereocenters. The normalized spacial score (nSPS) is 12.9. The molecule has 1 aromatic carbocycles. The molecule has 0 saturated heterocycles. The van der Waals surface area contributed by atoms with Gasteiger partial charge in [-0.2, -0.15) is 0 Å². The number of rotatable bonds is 5. The fraction of sp³-hybridized carbons (Fsp3) is 0.200. The van der Waals surface area contributed by atoms with E-state index in [1.165, 1.54) is 31.4 Å². The molecule has 114 valence electrons. The molecule has 0 bridgehead atoms. The largest absolute Gasteiger partial charge is 0.466 e. The Kier molecular flexibility index (Phi) is 4.36. The number of methoxy groups -OCH3 is 1. The quantitative estimate of drug-likeness (QED) is 0.454. The van der Waals surface area contributed by atoms with Gasteiger partial charge in [-0.1, -0.05) is 6.08 Å². The minimum Gasteiger partial charge on any atom is -0.466 e. The minimum absolute atomic E-state index is 0.0734. The third-order valence-corrected chi connectivity index (χ3v) is 3.07. The fourth-order valence-corrected chi connectivity index (χ4v) is 1.98. The number of carbonyl (C=O) groups is 4. The van der Waals surface area contributed by atoms with Gasteiger partial charge in [0.2, 0.25) is 0 Å². The molecule has 0 aromatic heterocycles. The summed E-state index contributed by atoms with van der Waals surface area (Å²) in [7, 11) is 1.17. The van der Waals surface area contributed by atoms with Crippen molar-refractivity contribution in [2.75, 3.05) is 20.3 Å². The predicted molar refractivity (Wildman–Crippen MR) is 74.3 cm³/mol. The van der Waals surface area contributed by atoms with Crippen LogP contribution in [0.3, 0.4) is 0 Å². The van der Waals surface area contributed by atoms with E-state index in [0.717, 1.165) is 4.90 Å². The molecule has 7 heteroatoms. The van der Waals surface area contributed by atoms with Crippen molar-refractivity contribution in [1.29, 1.82) is 0 Å². The number of fused-ring (bicyclic) bond motifs is 1. The summed E-state index contributed by atoms with van der Waals surface area (Å²) in [6, 6.07) is 4.02. The van der Waals surface area contributed by atoms with E-state index in [-0.39, 0.29) is 23.2 Å². The van der Waals surface area contributed by atoms with Gasteiger partial charge in [-0.05, 0) is 18.2 Å². The van der Waals surface area contributed by atoms with E-state index in [0.29, 0.717) is 0 Å². The summed E-state index contributed by atoms with van der Waals surface area (Å²) >= 11 is 0. The van der Waals surface area contributed by atoms with Crippen molar-refractivity contribution >= 4 is 23.8 Å². The molecule has 0 aliphatic carbocycles. The molecule has 22 heavy (non-hydrogen) atoms. The van der Waals surface area contributed by atoms with Crippen LogP contribution in [0, 0.1) is 0 Å². The van der Waals surface area contributed by atoms with Crippen LogP contribution < -0.4 is 0 Å². The first kappa shape index (κ1) is 15.4. The Labute approximate surface area is 126 Å². The van der Waals surface area contributed by atoms with Gasteiger partial charge in [-0.3, -0.25) is 14.5 Å². The molecule has 0 saturated carbocycles. The molecule has 1 aliphatic heterocycles. The molecule has 0 unspecified atom stereocenters. The van der Waals surface area contributed by atoms with E-state index in [9.17, 15) is 19.2 Å². The van der Waals surface area contributed by atoms with Crippen molar-refractivity contribution in [2.24, 2.45) is 0 Å². The molecule has 0 N–H and O–H groups in total. The maximum absolute atomic E-state index is 12.1. The van der Waals surface area contributed by atoms with Gasteiger partial charge in [0.1, 0.15) is 0 Å². The Bertz CT molecular complexity index is 679. The van der Waals surface area contributed by atoms with Crippen LogP contribution in [0.4, 0.5) is 0 Å². The van der Waals surface area contributed by atoms with Crippen LogP contribution in [0.15, 0.2) is 30.9 Å². The van der Waals surface area contributed by atoms with Gasteiger partial charge in [0, 0.05) is 6.54 Å². The number of nitrogens with zero attached hydrogens (tertiary/aromatic N) is 1. The molecule has 2 amide bonds. The first-order valence-corrected chi connectivity index (χ1v) is 6.34. The van der Waals surface area contributed by atoms with Crippen LogP contribution in [-0.2, 0) is 14.3 Å². The fourth-order valence-electron chi connectivity index (χ4n) is 1.98. The number of carbonyl (C=O) groups excluding carboxylic acids is 4. The molecule has 1 aromatic rings. The third kappa shape index (κ3) is 2.73. The van der Waals surface area contributed by atoms with Gasteiger partial charge < -0.3 is 9.47 Å². The summed E-state index contributed by atoms with van der Waals surface area (Å²) in [4.78, 5) is 47.9. The molecule has 1 aliphatic rings. The predicted octanol–water partition coefficient (Wildman–Crippen LogP) is 0.798. The zero-order valence-corrected chi connectivity index (χ0v) is 11.8. The lowest BCUT2D eigenvalue weighted by molar-refractivity contribution is -0.144. The summed E-state index contributed by atoms with van der Waals surface area (Å²) in [5.41, 5.74) is 0.417. The SMILES string of the molecule is C=CCN1C(=O)c2ccc(C(=O)OCC(=O)OC)cc2C1=O. The van der Waals surface area contributed by atoms with Crippen molar-refractivity contribution in [3.63, 3.8) is 0 Å². The Hall–Kier alpha value is -2.96. The Morgan fingerprint density at radius 3 is 2.55 bits per heavy atom. The first-order valence-electron chi connectivity index (χ1n) is 6.34. The van der Waals surface area contributed by atoms with Gasteiger partial charge >= 0.3 is 11.9 Å². The second kappa shape index (κ2) is 6.21. The Morgan fingerprint density at radius 2 is 1.91 bits per heavy atom. The van der Waals surface area contributed by atoms with Crippen LogP contribution in [0.1, 0.15) is 31.1 Å². The number of hydrogen-bond acceptors (Lipinski definition) is 6. The number of hydrogen-bond donors (Lipinski definition) is 0. The first-order chi connectivity index (χ1) is 10.5. The standard InChI is InChI=1S/C15H13NO6/c1-3-6-16-13(18)10-5-4-9(7-11(10)14(16)19)15(20)22-8-12(17)21-2/h3-5,7H,1,6,8H2,2H3. The van der Waals surface area contributed by atoms with Crippen molar-refractivity contribution in [1.82, 2.24) is 4.90 Å². The smallest absolute Gasteiger partial charge is 0.344 e. The number of esters is 2. The second-order valence-corrected chi connectivity index (χ2v) is 4.42. The molecule has 7 nitrogen and oxygen atoms in total. The lowest BCUT2D eigenvalue weighted by Gasteiger charge is -2.09. The highest BCUT2D eigenvalue weighted by Gasteiger charge is 2.35. The van der Waals surface area contributed by atoms with Crippen LogP contribution in [-0.4, -0.2) is 48.9 Å². The maximum Gasteiger partial charge on any atom is 0.344 e. The van der Waals surface area contributed by atoms with E-state index < -0.39 is 30.4 Å². The summed E-state index contributed by atoms with van der Waals surface area (Å²) in [6.45, 7) is 3.05. The zero-order chi connectivity index (χ0) is 16.3. The van der Waals surface area contributed by atoms with E-state index in [1.54, 1.807) is 0 Å². The van der Waals surface area contributed by atoms with E-state index in [1.807, 2.05) is 0 Å².